The molecule has 3 rings (SSSR count). The van der Waals surface area contributed by atoms with Gasteiger partial charge in [0, 0.05) is 24.6 Å². The van der Waals surface area contributed by atoms with Crippen LogP contribution in [0.25, 0.3) is 0 Å². The zero-order valence-electron chi connectivity index (χ0n) is 11.1. The van der Waals surface area contributed by atoms with Gasteiger partial charge in [-0.2, -0.15) is 0 Å². The fourth-order valence-electron chi connectivity index (χ4n) is 1.85. The third kappa shape index (κ3) is 2.96. The highest BCUT2D eigenvalue weighted by molar-refractivity contribution is 7.99. The number of hydrogen-bond donors (Lipinski definition) is 1. The van der Waals surface area contributed by atoms with E-state index in [4.69, 9.17) is 9.47 Å². The van der Waals surface area contributed by atoms with Crippen molar-refractivity contribution in [2.75, 3.05) is 25.6 Å². The summed E-state index contributed by atoms with van der Waals surface area (Å²) >= 11 is 1.57. The van der Waals surface area contributed by atoms with E-state index in [0.717, 1.165) is 27.8 Å². The first-order chi connectivity index (χ1) is 9.85. The summed E-state index contributed by atoms with van der Waals surface area (Å²) in [7, 11) is 1.80. The smallest absolute Gasteiger partial charge is 0.223 e. The molecule has 0 radical (unpaired) electrons. The molecule has 2 aromatic rings. The summed E-state index contributed by atoms with van der Waals surface area (Å²) in [4.78, 5) is 9.55. The van der Waals surface area contributed by atoms with Gasteiger partial charge in [-0.3, -0.25) is 0 Å². The monoisotopic (exact) mass is 289 g/mol. The largest absolute Gasteiger partial charge is 0.490 e. The summed E-state index contributed by atoms with van der Waals surface area (Å²) < 4.78 is 11.3. The Morgan fingerprint density at radius 2 is 2.00 bits per heavy atom. The van der Waals surface area contributed by atoms with Gasteiger partial charge in [-0.05, 0) is 24.3 Å². The Morgan fingerprint density at radius 1 is 1.15 bits per heavy atom. The first-order valence-corrected chi connectivity index (χ1v) is 7.25. The van der Waals surface area contributed by atoms with Gasteiger partial charge in [-0.25, -0.2) is 9.97 Å². The van der Waals surface area contributed by atoms with Crippen molar-refractivity contribution in [1.29, 1.82) is 0 Å². The topological polar surface area (TPSA) is 56.3 Å². The minimum Gasteiger partial charge on any atom is -0.490 e. The van der Waals surface area contributed by atoms with Crippen molar-refractivity contribution >= 4 is 17.7 Å². The lowest BCUT2D eigenvalue weighted by molar-refractivity contribution is 0.297. The Kier molecular flexibility index (Phi) is 3.92. The fraction of sp³-hybridized carbons (Fsp3) is 0.286. The molecule has 0 bridgehead atoms. The van der Waals surface area contributed by atoms with Gasteiger partial charge in [-0.15, -0.1) is 0 Å². The number of hydrogen-bond acceptors (Lipinski definition) is 6. The van der Waals surface area contributed by atoms with Crippen LogP contribution in [0.5, 0.6) is 11.5 Å². The lowest BCUT2D eigenvalue weighted by Gasteiger charge is -2.09. The van der Waals surface area contributed by atoms with Gasteiger partial charge in [0.15, 0.2) is 11.5 Å². The molecule has 0 atom stereocenters. The van der Waals surface area contributed by atoms with Gasteiger partial charge < -0.3 is 14.8 Å². The quantitative estimate of drug-likeness (QED) is 0.877. The lowest BCUT2D eigenvalue weighted by atomic mass is 10.3. The number of benzene rings is 1. The van der Waals surface area contributed by atoms with Crippen LogP contribution in [0.4, 0.5) is 5.95 Å². The molecule has 104 valence electrons. The summed E-state index contributed by atoms with van der Waals surface area (Å²) in [5.74, 6) is 2.23. The van der Waals surface area contributed by atoms with Crippen molar-refractivity contribution in [3.05, 3.63) is 30.5 Å². The molecule has 1 aromatic heterocycles. The van der Waals surface area contributed by atoms with Crippen LogP contribution in [0.1, 0.15) is 6.42 Å². The molecule has 1 N–H and O–H groups in total. The van der Waals surface area contributed by atoms with E-state index in [1.807, 2.05) is 24.3 Å². The van der Waals surface area contributed by atoms with Crippen LogP contribution in [0.3, 0.4) is 0 Å². The average Bonchev–Trinajstić information content (AvgIpc) is 2.72. The number of aromatic nitrogens is 2. The molecular weight excluding hydrogens is 274 g/mol. The van der Waals surface area contributed by atoms with Gasteiger partial charge >= 0.3 is 0 Å². The molecule has 0 unspecified atom stereocenters. The van der Waals surface area contributed by atoms with Crippen LogP contribution in [-0.4, -0.2) is 30.2 Å². The maximum absolute atomic E-state index is 5.69. The van der Waals surface area contributed by atoms with E-state index in [9.17, 15) is 0 Å². The van der Waals surface area contributed by atoms with Crippen LogP contribution < -0.4 is 14.8 Å². The van der Waals surface area contributed by atoms with E-state index in [1.54, 1.807) is 25.0 Å². The number of nitrogens with one attached hydrogen (secondary N) is 1. The van der Waals surface area contributed by atoms with Crippen molar-refractivity contribution in [3.8, 4) is 11.5 Å². The molecule has 2 heterocycles. The van der Waals surface area contributed by atoms with Gasteiger partial charge in [0.25, 0.3) is 0 Å². The molecular formula is C14H15N3O2S. The third-order valence-corrected chi connectivity index (χ3v) is 3.72. The van der Waals surface area contributed by atoms with E-state index >= 15 is 0 Å². The Bertz CT molecular complexity index is 607. The number of ether oxygens (including phenoxy) is 2. The number of rotatable bonds is 3. The molecule has 1 aromatic carbocycles. The predicted octanol–water partition coefficient (Wildman–Crippen LogP) is 2.83. The molecule has 0 spiro atoms. The number of nitrogens with zero attached hydrogens (tertiary/aromatic N) is 2. The van der Waals surface area contributed by atoms with E-state index in [2.05, 4.69) is 15.3 Å². The van der Waals surface area contributed by atoms with Crippen LogP contribution in [0.15, 0.2) is 40.4 Å². The summed E-state index contributed by atoms with van der Waals surface area (Å²) in [6.07, 6.45) is 2.65. The zero-order valence-corrected chi connectivity index (χ0v) is 11.9. The van der Waals surface area contributed by atoms with E-state index in [1.165, 1.54) is 0 Å². The Labute approximate surface area is 121 Å². The highest BCUT2D eigenvalue weighted by Gasteiger charge is 2.11. The van der Waals surface area contributed by atoms with Crippen LogP contribution in [0, 0.1) is 0 Å². The standard InChI is InChI=1S/C14H15N3O2S/c1-15-14-16-6-5-13(17-14)20-10-3-4-11-12(9-10)19-8-2-7-18-11/h3-6,9H,2,7-8H2,1H3,(H,15,16,17). The van der Waals surface area contributed by atoms with Gasteiger partial charge in [-0.1, -0.05) is 11.8 Å². The fourth-order valence-corrected chi connectivity index (χ4v) is 2.65. The maximum Gasteiger partial charge on any atom is 0.223 e. The second-order valence-electron chi connectivity index (χ2n) is 4.23. The molecule has 0 saturated carbocycles. The maximum atomic E-state index is 5.69. The lowest BCUT2D eigenvalue weighted by Crippen LogP contribution is -1.97. The van der Waals surface area contributed by atoms with E-state index in [0.29, 0.717) is 19.2 Å². The van der Waals surface area contributed by atoms with E-state index < -0.39 is 0 Å². The van der Waals surface area contributed by atoms with Crippen molar-refractivity contribution in [2.45, 2.75) is 16.3 Å². The molecule has 0 aliphatic carbocycles. The van der Waals surface area contributed by atoms with Crippen LogP contribution in [0.2, 0.25) is 0 Å². The summed E-state index contributed by atoms with van der Waals surface area (Å²) in [5.41, 5.74) is 0. The van der Waals surface area contributed by atoms with Crippen molar-refractivity contribution in [2.24, 2.45) is 0 Å². The molecule has 0 amide bonds. The molecule has 20 heavy (non-hydrogen) atoms. The highest BCUT2D eigenvalue weighted by Crippen LogP contribution is 2.36. The van der Waals surface area contributed by atoms with Gasteiger partial charge in [0.1, 0.15) is 5.03 Å². The molecule has 0 fully saturated rings. The first-order valence-electron chi connectivity index (χ1n) is 6.43. The van der Waals surface area contributed by atoms with Crippen LogP contribution >= 0.6 is 11.8 Å². The molecule has 6 heteroatoms. The Balaban J connectivity index is 1.82. The van der Waals surface area contributed by atoms with Crippen molar-refractivity contribution in [1.82, 2.24) is 9.97 Å². The minimum atomic E-state index is 0.615. The summed E-state index contributed by atoms with van der Waals surface area (Å²) in [5, 5.41) is 3.82. The minimum absolute atomic E-state index is 0.615. The third-order valence-electron chi connectivity index (χ3n) is 2.80. The molecule has 1 aliphatic heterocycles. The van der Waals surface area contributed by atoms with Crippen molar-refractivity contribution in [3.63, 3.8) is 0 Å². The molecule has 0 saturated heterocycles. The second-order valence-corrected chi connectivity index (χ2v) is 5.32. The number of anilines is 1. The first kappa shape index (κ1) is 13.1. The SMILES string of the molecule is CNc1nccc(Sc2ccc3c(c2)OCCCO3)n1. The second kappa shape index (κ2) is 6.00. The van der Waals surface area contributed by atoms with Crippen LogP contribution in [-0.2, 0) is 0 Å². The average molecular weight is 289 g/mol. The summed E-state index contributed by atoms with van der Waals surface area (Å²) in [6, 6.07) is 7.84. The zero-order chi connectivity index (χ0) is 13.8. The van der Waals surface area contributed by atoms with E-state index in [-0.39, 0.29) is 0 Å². The van der Waals surface area contributed by atoms with Crippen molar-refractivity contribution < 1.29 is 9.47 Å². The Morgan fingerprint density at radius 3 is 2.85 bits per heavy atom. The van der Waals surface area contributed by atoms with Gasteiger partial charge in [0.2, 0.25) is 5.95 Å². The predicted molar refractivity (Wildman–Crippen MR) is 77.8 cm³/mol. The summed E-state index contributed by atoms with van der Waals surface area (Å²) in [6.45, 7) is 1.40. The normalized spacial score (nSPS) is 13.7. The molecule has 5 nitrogen and oxygen atoms in total. The number of fused-ring (bicyclic) bond motifs is 1. The van der Waals surface area contributed by atoms with Gasteiger partial charge in [0.05, 0.1) is 13.2 Å². The Hall–Kier alpha value is -1.95. The molecule has 1 aliphatic rings. The highest BCUT2D eigenvalue weighted by atomic mass is 32.2.